The van der Waals surface area contributed by atoms with E-state index in [-0.39, 0.29) is 25.8 Å². The molecule has 9 nitrogen and oxygen atoms in total. The topological polar surface area (TPSA) is 104 Å². The standard InChI is InChI=1S/C28H50NO8P/c1-3-4-5-6-7-8-9-10-11-16-22-34-25-27(35-23-17-13-18-28(30)33-2)26-37-38(31,32)36-24-21-29-19-14-12-15-20-29/h12,14-15,19-20,27H,3-11,13,16-18,21-26H2,1-2H3/p+1. The molecule has 0 aliphatic carbocycles. The van der Waals surface area contributed by atoms with Crippen LogP contribution in [0.25, 0.3) is 0 Å². The molecule has 0 bridgehead atoms. The van der Waals surface area contributed by atoms with Gasteiger partial charge < -0.3 is 19.1 Å². The Hall–Kier alpha value is -1.35. The minimum Gasteiger partial charge on any atom is -0.469 e. The Kier molecular flexibility index (Phi) is 21.5. The maximum Gasteiger partial charge on any atom is 0.472 e. The summed E-state index contributed by atoms with van der Waals surface area (Å²) in [6.07, 6.45) is 17.4. The van der Waals surface area contributed by atoms with Crippen LogP contribution in [0.3, 0.4) is 0 Å². The molecular formula is C28H51NO8P+. The zero-order valence-corrected chi connectivity index (χ0v) is 24.5. The summed E-state index contributed by atoms with van der Waals surface area (Å²) in [5.41, 5.74) is 0. The summed E-state index contributed by atoms with van der Waals surface area (Å²) >= 11 is 0. The number of pyridine rings is 1. The first-order chi connectivity index (χ1) is 18.5. The highest BCUT2D eigenvalue weighted by Crippen LogP contribution is 2.43. The van der Waals surface area contributed by atoms with E-state index in [1.54, 1.807) is 0 Å². The number of ether oxygens (including phenoxy) is 3. The van der Waals surface area contributed by atoms with Gasteiger partial charge in [0.2, 0.25) is 0 Å². The second-order valence-electron chi connectivity index (χ2n) is 9.49. The van der Waals surface area contributed by atoms with Crippen LogP contribution in [0.5, 0.6) is 0 Å². The second-order valence-corrected chi connectivity index (χ2v) is 10.9. The Balaban J connectivity index is 2.28. The summed E-state index contributed by atoms with van der Waals surface area (Å²) in [6.45, 7) is 3.83. The average Bonchev–Trinajstić information content (AvgIpc) is 2.92. The number of methoxy groups -OCH3 is 1. The van der Waals surface area contributed by atoms with Crippen molar-refractivity contribution in [3.63, 3.8) is 0 Å². The summed E-state index contributed by atoms with van der Waals surface area (Å²) in [5, 5.41) is 0. The van der Waals surface area contributed by atoms with Gasteiger partial charge in [0, 0.05) is 31.8 Å². The maximum atomic E-state index is 12.3. The number of phosphoric acid groups is 1. The number of rotatable bonds is 26. The number of hydrogen-bond donors (Lipinski definition) is 1. The molecule has 2 atom stereocenters. The highest BCUT2D eigenvalue weighted by molar-refractivity contribution is 7.47. The molecule has 0 radical (unpaired) electrons. The quantitative estimate of drug-likeness (QED) is 0.0659. The van der Waals surface area contributed by atoms with Gasteiger partial charge in [0.25, 0.3) is 0 Å². The molecule has 0 aliphatic heterocycles. The van der Waals surface area contributed by atoms with Gasteiger partial charge >= 0.3 is 13.8 Å². The smallest absolute Gasteiger partial charge is 0.469 e. The Labute approximate surface area is 229 Å². The van der Waals surface area contributed by atoms with E-state index in [0.29, 0.717) is 39.0 Å². The number of aromatic nitrogens is 1. The molecule has 0 spiro atoms. The molecule has 0 saturated carbocycles. The van der Waals surface area contributed by atoms with Gasteiger partial charge in [-0.1, -0.05) is 70.8 Å². The fourth-order valence-corrected chi connectivity index (χ4v) is 4.58. The van der Waals surface area contributed by atoms with Crippen LogP contribution in [0.1, 0.15) is 90.4 Å². The maximum absolute atomic E-state index is 12.3. The first kappa shape index (κ1) is 34.7. The van der Waals surface area contributed by atoms with E-state index in [4.69, 9.17) is 18.5 Å². The lowest BCUT2D eigenvalue weighted by Crippen LogP contribution is -2.34. The van der Waals surface area contributed by atoms with Crippen molar-refractivity contribution >= 4 is 13.8 Å². The van der Waals surface area contributed by atoms with Gasteiger partial charge in [-0.15, -0.1) is 0 Å². The zero-order chi connectivity index (χ0) is 27.7. The molecule has 0 aliphatic rings. The van der Waals surface area contributed by atoms with Crippen LogP contribution >= 0.6 is 7.82 Å². The predicted molar refractivity (Wildman–Crippen MR) is 147 cm³/mol. The number of nitrogens with zero attached hydrogens (tertiary/aromatic N) is 1. The Morgan fingerprint density at radius 3 is 2.11 bits per heavy atom. The molecule has 1 N–H and O–H groups in total. The lowest BCUT2D eigenvalue weighted by Gasteiger charge is -2.20. The highest BCUT2D eigenvalue weighted by Gasteiger charge is 2.24. The summed E-state index contributed by atoms with van der Waals surface area (Å²) < 4.78 is 40.7. The summed E-state index contributed by atoms with van der Waals surface area (Å²) in [7, 11) is -2.86. The molecule has 2 unspecified atom stereocenters. The first-order valence-electron chi connectivity index (χ1n) is 14.3. The molecule has 10 heteroatoms. The Bertz CT molecular complexity index is 737. The van der Waals surface area contributed by atoms with Crippen LogP contribution in [0.2, 0.25) is 0 Å². The van der Waals surface area contributed by atoms with Gasteiger partial charge in [0.15, 0.2) is 18.9 Å². The Morgan fingerprint density at radius 2 is 1.45 bits per heavy atom. The number of carbonyl (C=O) groups excluding carboxylic acids is 1. The van der Waals surface area contributed by atoms with Crippen LogP contribution in [-0.4, -0.2) is 57.1 Å². The van der Waals surface area contributed by atoms with Crippen LogP contribution in [-0.2, 0) is 39.2 Å². The summed E-state index contributed by atoms with van der Waals surface area (Å²) in [4.78, 5) is 21.3. The minimum absolute atomic E-state index is 0.0384. The lowest BCUT2D eigenvalue weighted by atomic mass is 10.1. The van der Waals surface area contributed by atoms with E-state index in [0.717, 1.165) is 12.8 Å². The molecule has 1 rings (SSSR count). The van der Waals surface area contributed by atoms with E-state index >= 15 is 0 Å². The van der Waals surface area contributed by atoms with Crippen molar-refractivity contribution in [2.75, 3.05) is 40.1 Å². The van der Waals surface area contributed by atoms with E-state index in [2.05, 4.69) is 11.7 Å². The fraction of sp³-hybridized carbons (Fsp3) is 0.786. The molecule has 1 aromatic heterocycles. The second kappa shape index (κ2) is 23.5. The first-order valence-corrected chi connectivity index (χ1v) is 15.8. The van der Waals surface area contributed by atoms with Crippen LogP contribution in [0.15, 0.2) is 30.6 Å². The molecule has 220 valence electrons. The van der Waals surface area contributed by atoms with Crippen molar-refractivity contribution < 1.29 is 42.1 Å². The van der Waals surface area contributed by atoms with Crippen molar-refractivity contribution in [3.05, 3.63) is 30.6 Å². The van der Waals surface area contributed by atoms with E-state index in [1.165, 1.54) is 58.5 Å². The summed E-state index contributed by atoms with van der Waals surface area (Å²) in [5.74, 6) is -0.253. The van der Waals surface area contributed by atoms with Gasteiger partial charge in [-0.2, -0.15) is 0 Å². The van der Waals surface area contributed by atoms with Crippen LogP contribution in [0.4, 0.5) is 0 Å². The lowest BCUT2D eigenvalue weighted by molar-refractivity contribution is -0.697. The molecule has 38 heavy (non-hydrogen) atoms. The fourth-order valence-electron chi connectivity index (χ4n) is 3.83. The van der Waals surface area contributed by atoms with Crippen molar-refractivity contribution in [2.24, 2.45) is 0 Å². The molecule has 0 saturated heterocycles. The van der Waals surface area contributed by atoms with Crippen molar-refractivity contribution in [1.29, 1.82) is 0 Å². The predicted octanol–water partition coefficient (Wildman–Crippen LogP) is 5.77. The van der Waals surface area contributed by atoms with Gasteiger partial charge in [-0.05, 0) is 19.3 Å². The van der Waals surface area contributed by atoms with Crippen LogP contribution < -0.4 is 4.57 Å². The third-order valence-corrected chi connectivity index (χ3v) is 7.09. The van der Waals surface area contributed by atoms with Gasteiger partial charge in [-0.3, -0.25) is 13.8 Å². The number of esters is 1. The number of carbonyl (C=O) groups is 1. The van der Waals surface area contributed by atoms with Gasteiger partial charge in [0.05, 0.1) is 20.3 Å². The van der Waals surface area contributed by atoms with Crippen molar-refractivity contribution in [2.45, 2.75) is 103 Å². The van der Waals surface area contributed by atoms with Crippen molar-refractivity contribution in [3.8, 4) is 0 Å². The third-order valence-electron chi connectivity index (χ3n) is 6.11. The number of hydrogen-bond acceptors (Lipinski definition) is 7. The van der Waals surface area contributed by atoms with E-state index in [1.807, 2.05) is 35.2 Å². The van der Waals surface area contributed by atoms with Gasteiger partial charge in [0.1, 0.15) is 12.7 Å². The van der Waals surface area contributed by atoms with Crippen LogP contribution in [0, 0.1) is 0 Å². The monoisotopic (exact) mass is 560 g/mol. The normalized spacial score (nSPS) is 13.8. The van der Waals surface area contributed by atoms with Gasteiger partial charge in [-0.25, -0.2) is 9.13 Å². The molecular weight excluding hydrogens is 509 g/mol. The number of unbranched alkanes of at least 4 members (excludes halogenated alkanes) is 10. The zero-order valence-electron chi connectivity index (χ0n) is 23.6. The molecule has 1 heterocycles. The SMILES string of the molecule is CCCCCCCCCCCCOCC(COP(=O)(O)OCC[n+]1ccccc1)OCCCCC(=O)OC. The molecule has 0 amide bonds. The largest absolute Gasteiger partial charge is 0.472 e. The number of phosphoric ester groups is 1. The Morgan fingerprint density at radius 1 is 0.816 bits per heavy atom. The molecule has 1 aromatic rings. The molecule has 0 fully saturated rings. The average molecular weight is 561 g/mol. The highest BCUT2D eigenvalue weighted by atomic mass is 31.2. The van der Waals surface area contributed by atoms with Crippen molar-refractivity contribution in [1.82, 2.24) is 0 Å². The summed E-state index contributed by atoms with van der Waals surface area (Å²) in [6, 6.07) is 5.64. The molecule has 0 aromatic carbocycles. The van der Waals surface area contributed by atoms with E-state index in [9.17, 15) is 14.3 Å². The van der Waals surface area contributed by atoms with E-state index < -0.39 is 13.9 Å². The third kappa shape index (κ3) is 20.6. The minimum atomic E-state index is -4.23.